The van der Waals surface area contributed by atoms with Crippen LogP contribution in [0.5, 0.6) is 0 Å². The highest BCUT2D eigenvalue weighted by Gasteiger charge is 2.32. The molecule has 0 fully saturated rings. The molecule has 5 aromatic rings. The Morgan fingerprint density at radius 3 is 2.46 bits per heavy atom. The minimum absolute atomic E-state index is 0.260. The third kappa shape index (κ3) is 5.32. The predicted molar refractivity (Wildman–Crippen MR) is 164 cm³/mol. The second-order valence-electron chi connectivity index (χ2n) is 9.64. The SMILES string of the molecule is CC1=C(C(=O)Nc2ccccc2)C(c2ccc(C)cc2)n2c(s/c(=C\c3ccc(-c4ccc(Cl)c(Cl)c4)o3)c2=O)=N1. The highest BCUT2D eigenvalue weighted by atomic mass is 35.5. The smallest absolute Gasteiger partial charge is 0.271 e. The molecule has 1 aliphatic heterocycles. The molecule has 0 radical (unpaired) electrons. The molecule has 2 aromatic heterocycles. The van der Waals surface area contributed by atoms with Gasteiger partial charge in [-0.05, 0) is 61.9 Å². The number of allylic oxidation sites excluding steroid dienone is 1. The van der Waals surface area contributed by atoms with Crippen molar-refractivity contribution in [1.82, 2.24) is 4.57 Å². The monoisotopic (exact) mass is 599 g/mol. The number of furan rings is 1. The Morgan fingerprint density at radius 1 is 0.976 bits per heavy atom. The molecular weight excluding hydrogens is 577 g/mol. The Hall–Kier alpha value is -4.17. The molecule has 0 spiro atoms. The number of amides is 1. The number of carbonyl (C=O) groups excluding carboxylic acids is 1. The number of aryl methyl sites for hydroxylation is 1. The molecule has 6 nitrogen and oxygen atoms in total. The van der Waals surface area contributed by atoms with Gasteiger partial charge >= 0.3 is 0 Å². The van der Waals surface area contributed by atoms with Gasteiger partial charge in [-0.25, -0.2) is 4.99 Å². The number of benzene rings is 3. The second-order valence-corrected chi connectivity index (χ2v) is 11.5. The van der Waals surface area contributed by atoms with Crippen LogP contribution < -0.4 is 20.2 Å². The van der Waals surface area contributed by atoms with E-state index in [-0.39, 0.29) is 11.5 Å². The minimum atomic E-state index is -0.652. The van der Waals surface area contributed by atoms with Crippen molar-refractivity contribution in [3.05, 3.63) is 143 Å². The van der Waals surface area contributed by atoms with Crippen molar-refractivity contribution in [1.29, 1.82) is 0 Å². The van der Waals surface area contributed by atoms with E-state index in [1.807, 2.05) is 73.7 Å². The Labute approximate surface area is 249 Å². The van der Waals surface area contributed by atoms with Crippen LogP contribution in [-0.4, -0.2) is 10.5 Å². The summed E-state index contributed by atoms with van der Waals surface area (Å²) in [6.07, 6.45) is 1.69. The van der Waals surface area contributed by atoms with Crippen LogP contribution in [0.1, 0.15) is 29.9 Å². The van der Waals surface area contributed by atoms with E-state index in [4.69, 9.17) is 32.6 Å². The van der Waals surface area contributed by atoms with Crippen LogP contribution in [0, 0.1) is 6.92 Å². The quantitative estimate of drug-likeness (QED) is 0.243. The van der Waals surface area contributed by atoms with Crippen molar-refractivity contribution in [3.63, 3.8) is 0 Å². The summed E-state index contributed by atoms with van der Waals surface area (Å²) in [6, 6.07) is 25.3. The summed E-state index contributed by atoms with van der Waals surface area (Å²) in [4.78, 5) is 32.8. The van der Waals surface area contributed by atoms with Gasteiger partial charge in [-0.15, -0.1) is 0 Å². The average molecular weight is 601 g/mol. The Kier molecular flexibility index (Phi) is 7.26. The minimum Gasteiger partial charge on any atom is -0.457 e. The first-order valence-corrected chi connectivity index (χ1v) is 14.4. The fourth-order valence-corrected chi connectivity index (χ4v) is 6.08. The molecular formula is C32H23Cl2N3O3S. The Balaban J connectivity index is 1.44. The van der Waals surface area contributed by atoms with Crippen molar-refractivity contribution < 1.29 is 9.21 Å². The van der Waals surface area contributed by atoms with E-state index in [0.29, 0.717) is 47.9 Å². The summed E-state index contributed by atoms with van der Waals surface area (Å²) in [5.41, 5.74) is 4.03. The second kappa shape index (κ2) is 11.0. The van der Waals surface area contributed by atoms with Gasteiger partial charge in [0.25, 0.3) is 11.5 Å². The van der Waals surface area contributed by atoms with Crippen LogP contribution in [0.15, 0.2) is 110 Å². The summed E-state index contributed by atoms with van der Waals surface area (Å²) >= 11 is 13.5. The van der Waals surface area contributed by atoms with Crippen molar-refractivity contribution in [3.8, 4) is 11.3 Å². The van der Waals surface area contributed by atoms with Gasteiger partial charge in [-0.2, -0.15) is 0 Å². The van der Waals surface area contributed by atoms with E-state index in [0.717, 1.165) is 16.7 Å². The number of halogens is 2. The fraction of sp³-hybridized carbons (Fsp3) is 0.0938. The molecule has 1 atom stereocenters. The van der Waals surface area contributed by atoms with E-state index in [2.05, 4.69) is 5.32 Å². The van der Waals surface area contributed by atoms with Gasteiger partial charge in [0.05, 0.1) is 31.9 Å². The molecule has 3 aromatic carbocycles. The highest BCUT2D eigenvalue weighted by molar-refractivity contribution is 7.07. The van der Waals surface area contributed by atoms with E-state index >= 15 is 0 Å². The zero-order valence-electron chi connectivity index (χ0n) is 22.0. The van der Waals surface area contributed by atoms with Gasteiger partial charge < -0.3 is 9.73 Å². The van der Waals surface area contributed by atoms with E-state index < -0.39 is 6.04 Å². The van der Waals surface area contributed by atoms with Gasteiger partial charge in [0.15, 0.2) is 4.80 Å². The van der Waals surface area contributed by atoms with Gasteiger partial charge in [0.2, 0.25) is 0 Å². The number of carbonyl (C=O) groups is 1. The third-order valence-electron chi connectivity index (χ3n) is 6.80. The third-order valence-corrected chi connectivity index (χ3v) is 8.52. The van der Waals surface area contributed by atoms with Crippen LogP contribution in [0.25, 0.3) is 17.4 Å². The number of nitrogens with zero attached hydrogens (tertiary/aromatic N) is 2. The summed E-state index contributed by atoms with van der Waals surface area (Å²) in [7, 11) is 0. The lowest BCUT2D eigenvalue weighted by molar-refractivity contribution is -0.113. The predicted octanol–water partition coefficient (Wildman–Crippen LogP) is 6.75. The van der Waals surface area contributed by atoms with Crippen LogP contribution in [0.2, 0.25) is 10.0 Å². The first kappa shape index (κ1) is 27.0. The standard InChI is InChI=1S/C32H23Cl2N3O3S/c1-18-8-10-20(11-9-18)29-28(30(38)36-22-6-4-3-5-7-22)19(2)35-32-37(29)31(39)27(41-32)17-23-13-15-26(40-23)21-12-14-24(33)25(34)16-21/h3-17,29H,1-2H3,(H,36,38)/b27-17-. The van der Waals surface area contributed by atoms with E-state index in [1.165, 1.54) is 11.3 Å². The number of rotatable bonds is 5. The van der Waals surface area contributed by atoms with E-state index in [1.54, 1.807) is 35.8 Å². The topological polar surface area (TPSA) is 76.6 Å². The van der Waals surface area contributed by atoms with Gasteiger partial charge in [-0.1, -0.05) is 82.6 Å². The highest BCUT2D eigenvalue weighted by Crippen LogP contribution is 2.32. The molecule has 1 unspecified atom stereocenters. The lowest BCUT2D eigenvalue weighted by atomic mass is 9.94. The molecule has 9 heteroatoms. The molecule has 3 heterocycles. The van der Waals surface area contributed by atoms with Crippen molar-refractivity contribution >= 4 is 52.2 Å². The summed E-state index contributed by atoms with van der Waals surface area (Å²) in [5, 5.41) is 3.85. The van der Waals surface area contributed by atoms with Crippen LogP contribution in [0.4, 0.5) is 5.69 Å². The zero-order valence-corrected chi connectivity index (χ0v) is 24.3. The Morgan fingerprint density at radius 2 is 1.73 bits per heavy atom. The zero-order chi connectivity index (χ0) is 28.7. The number of hydrogen-bond donors (Lipinski definition) is 1. The number of para-hydroxylation sites is 1. The molecule has 0 saturated carbocycles. The van der Waals surface area contributed by atoms with Gasteiger partial charge in [0.1, 0.15) is 11.5 Å². The maximum atomic E-state index is 13.9. The van der Waals surface area contributed by atoms with Crippen molar-refractivity contribution in [2.45, 2.75) is 19.9 Å². The van der Waals surface area contributed by atoms with Crippen molar-refractivity contribution in [2.75, 3.05) is 5.32 Å². The lowest BCUT2D eigenvalue weighted by Crippen LogP contribution is -2.40. The molecule has 1 amide bonds. The molecule has 1 aliphatic rings. The van der Waals surface area contributed by atoms with Crippen LogP contribution >= 0.6 is 34.5 Å². The number of anilines is 1. The van der Waals surface area contributed by atoms with Crippen LogP contribution in [-0.2, 0) is 4.79 Å². The Bertz CT molecular complexity index is 2010. The maximum Gasteiger partial charge on any atom is 0.271 e. The van der Waals surface area contributed by atoms with Gasteiger partial charge in [-0.3, -0.25) is 14.2 Å². The van der Waals surface area contributed by atoms with Crippen molar-refractivity contribution in [2.24, 2.45) is 4.99 Å². The normalized spacial score (nSPS) is 15.0. The first-order valence-electron chi connectivity index (χ1n) is 12.8. The number of thiazole rings is 1. The molecule has 204 valence electrons. The maximum absolute atomic E-state index is 13.9. The molecule has 0 saturated heterocycles. The number of hydrogen-bond acceptors (Lipinski definition) is 5. The van der Waals surface area contributed by atoms with E-state index in [9.17, 15) is 9.59 Å². The molecule has 1 N–H and O–H groups in total. The number of nitrogens with one attached hydrogen (secondary N) is 1. The van der Waals surface area contributed by atoms with Gasteiger partial charge in [0, 0.05) is 17.3 Å². The van der Waals surface area contributed by atoms with Crippen LogP contribution in [0.3, 0.4) is 0 Å². The fourth-order valence-electron chi connectivity index (χ4n) is 4.76. The molecule has 6 rings (SSSR count). The molecule has 0 aliphatic carbocycles. The summed E-state index contributed by atoms with van der Waals surface area (Å²) in [5.74, 6) is 0.784. The molecule has 41 heavy (non-hydrogen) atoms. The average Bonchev–Trinajstić information content (AvgIpc) is 3.54. The first-order chi connectivity index (χ1) is 19.8. The molecule has 0 bridgehead atoms. The summed E-state index contributed by atoms with van der Waals surface area (Å²) < 4.78 is 8.06. The summed E-state index contributed by atoms with van der Waals surface area (Å²) in [6.45, 7) is 3.79. The lowest BCUT2D eigenvalue weighted by Gasteiger charge is -2.25. The number of fused-ring (bicyclic) bond motifs is 1. The number of aromatic nitrogens is 1. The largest absolute Gasteiger partial charge is 0.457 e.